The Balaban J connectivity index is 2.11. The van der Waals surface area contributed by atoms with Crippen LogP contribution in [0.1, 0.15) is 13.3 Å². The lowest BCUT2D eigenvalue weighted by Gasteiger charge is -2.36. The van der Waals surface area contributed by atoms with Crippen LogP contribution in [0.15, 0.2) is 24.5 Å². The van der Waals surface area contributed by atoms with E-state index in [9.17, 15) is 0 Å². The van der Waals surface area contributed by atoms with Gasteiger partial charge in [0.1, 0.15) is 0 Å². The van der Waals surface area contributed by atoms with Gasteiger partial charge in [-0.3, -0.25) is 4.98 Å². The fourth-order valence-corrected chi connectivity index (χ4v) is 2.17. The molecule has 1 fully saturated rings. The van der Waals surface area contributed by atoms with E-state index in [-0.39, 0.29) is 0 Å². The van der Waals surface area contributed by atoms with Gasteiger partial charge >= 0.3 is 0 Å². The standard InChI is InChI=1S/C11H17N3/c1-9-6-10(12)8-14(7-9)11-2-4-13-5-3-11/h2-5,9-10H,6-8,12H2,1H3/t9-,10+/m1/s1. The van der Waals surface area contributed by atoms with Crippen LogP contribution in [0.25, 0.3) is 0 Å². The minimum Gasteiger partial charge on any atom is -0.370 e. The van der Waals surface area contributed by atoms with Crippen LogP contribution in [-0.4, -0.2) is 24.1 Å². The molecule has 0 spiro atoms. The molecule has 1 aliphatic heterocycles. The normalized spacial score (nSPS) is 27.7. The zero-order valence-corrected chi connectivity index (χ0v) is 8.56. The van der Waals surface area contributed by atoms with Gasteiger partial charge in [0.25, 0.3) is 0 Å². The van der Waals surface area contributed by atoms with Crippen LogP contribution in [0.2, 0.25) is 0 Å². The molecular formula is C11H17N3. The quantitative estimate of drug-likeness (QED) is 0.726. The highest BCUT2D eigenvalue weighted by Gasteiger charge is 2.21. The van der Waals surface area contributed by atoms with Crippen LogP contribution in [-0.2, 0) is 0 Å². The third kappa shape index (κ3) is 2.04. The van der Waals surface area contributed by atoms with E-state index in [4.69, 9.17) is 5.73 Å². The smallest absolute Gasteiger partial charge is 0.0397 e. The molecule has 2 N–H and O–H groups in total. The van der Waals surface area contributed by atoms with Crippen molar-refractivity contribution >= 4 is 5.69 Å². The van der Waals surface area contributed by atoms with E-state index in [1.54, 1.807) is 0 Å². The summed E-state index contributed by atoms with van der Waals surface area (Å²) in [7, 11) is 0. The average Bonchev–Trinajstić information content (AvgIpc) is 2.18. The van der Waals surface area contributed by atoms with Crippen molar-refractivity contribution in [1.82, 2.24) is 4.98 Å². The molecular weight excluding hydrogens is 174 g/mol. The molecule has 0 aliphatic carbocycles. The Labute approximate surface area is 84.9 Å². The number of nitrogens with zero attached hydrogens (tertiary/aromatic N) is 2. The van der Waals surface area contributed by atoms with Crippen molar-refractivity contribution in [3.8, 4) is 0 Å². The Kier molecular flexibility index (Phi) is 2.68. The number of rotatable bonds is 1. The molecule has 0 saturated carbocycles. The van der Waals surface area contributed by atoms with Gasteiger partial charge in [0, 0.05) is 37.2 Å². The molecule has 3 heteroatoms. The second kappa shape index (κ2) is 3.96. The van der Waals surface area contributed by atoms with Gasteiger partial charge in [-0.1, -0.05) is 6.92 Å². The van der Waals surface area contributed by atoms with Crippen molar-refractivity contribution in [3.05, 3.63) is 24.5 Å². The summed E-state index contributed by atoms with van der Waals surface area (Å²) in [5.74, 6) is 0.687. The lowest BCUT2D eigenvalue weighted by Crippen LogP contribution is -2.46. The van der Waals surface area contributed by atoms with E-state index in [0.717, 1.165) is 19.5 Å². The molecule has 0 unspecified atom stereocenters. The summed E-state index contributed by atoms with van der Waals surface area (Å²) in [6.07, 6.45) is 4.81. The molecule has 1 saturated heterocycles. The summed E-state index contributed by atoms with van der Waals surface area (Å²) < 4.78 is 0. The van der Waals surface area contributed by atoms with Crippen LogP contribution in [0, 0.1) is 5.92 Å². The predicted molar refractivity (Wildman–Crippen MR) is 58.2 cm³/mol. The monoisotopic (exact) mass is 191 g/mol. The van der Waals surface area contributed by atoms with Crippen LogP contribution in [0.3, 0.4) is 0 Å². The Morgan fingerprint density at radius 3 is 2.71 bits per heavy atom. The van der Waals surface area contributed by atoms with Crippen molar-refractivity contribution < 1.29 is 0 Å². The predicted octanol–water partition coefficient (Wildman–Crippen LogP) is 1.26. The molecule has 1 aliphatic rings. The lowest BCUT2D eigenvalue weighted by molar-refractivity contribution is 0.401. The summed E-state index contributed by atoms with van der Waals surface area (Å²) in [6.45, 7) is 4.33. The van der Waals surface area contributed by atoms with Crippen molar-refractivity contribution in [2.45, 2.75) is 19.4 Å². The molecule has 1 aromatic heterocycles. The Morgan fingerprint density at radius 1 is 1.36 bits per heavy atom. The largest absolute Gasteiger partial charge is 0.370 e. The van der Waals surface area contributed by atoms with E-state index in [0.29, 0.717) is 12.0 Å². The van der Waals surface area contributed by atoms with Crippen molar-refractivity contribution in [1.29, 1.82) is 0 Å². The maximum atomic E-state index is 6.00. The zero-order valence-electron chi connectivity index (χ0n) is 8.56. The average molecular weight is 191 g/mol. The first-order valence-electron chi connectivity index (χ1n) is 5.16. The highest BCUT2D eigenvalue weighted by atomic mass is 15.2. The van der Waals surface area contributed by atoms with E-state index >= 15 is 0 Å². The summed E-state index contributed by atoms with van der Waals surface area (Å²) in [6, 6.07) is 4.40. The third-order valence-corrected chi connectivity index (χ3v) is 2.72. The van der Waals surface area contributed by atoms with Crippen molar-refractivity contribution in [3.63, 3.8) is 0 Å². The topological polar surface area (TPSA) is 42.1 Å². The maximum absolute atomic E-state index is 6.00. The summed E-state index contributed by atoms with van der Waals surface area (Å²) in [5.41, 5.74) is 7.23. The number of nitrogens with two attached hydrogens (primary N) is 1. The maximum Gasteiger partial charge on any atom is 0.0397 e. The van der Waals surface area contributed by atoms with Gasteiger partial charge in [-0.15, -0.1) is 0 Å². The van der Waals surface area contributed by atoms with Gasteiger partial charge in [-0.2, -0.15) is 0 Å². The number of hydrogen-bond acceptors (Lipinski definition) is 3. The van der Waals surface area contributed by atoms with E-state index in [2.05, 4.69) is 16.8 Å². The Bertz CT molecular complexity index is 276. The van der Waals surface area contributed by atoms with Crippen LogP contribution < -0.4 is 10.6 Å². The molecule has 0 amide bonds. The molecule has 0 radical (unpaired) electrons. The fraction of sp³-hybridized carbons (Fsp3) is 0.545. The number of piperidine rings is 1. The number of aromatic nitrogens is 1. The summed E-state index contributed by atoms with van der Waals surface area (Å²) >= 11 is 0. The zero-order chi connectivity index (χ0) is 9.97. The number of anilines is 1. The van der Waals surface area contributed by atoms with Crippen LogP contribution in [0.4, 0.5) is 5.69 Å². The minimum absolute atomic E-state index is 0.312. The first-order valence-corrected chi connectivity index (χ1v) is 5.16. The van der Waals surface area contributed by atoms with Gasteiger partial charge in [-0.05, 0) is 24.5 Å². The minimum atomic E-state index is 0.312. The molecule has 0 aromatic carbocycles. The summed E-state index contributed by atoms with van der Waals surface area (Å²) in [5, 5.41) is 0. The number of hydrogen-bond donors (Lipinski definition) is 1. The second-order valence-electron chi connectivity index (χ2n) is 4.21. The molecule has 14 heavy (non-hydrogen) atoms. The van der Waals surface area contributed by atoms with Gasteiger partial charge in [-0.25, -0.2) is 0 Å². The molecule has 3 nitrogen and oxygen atoms in total. The highest BCUT2D eigenvalue weighted by Crippen LogP contribution is 2.21. The van der Waals surface area contributed by atoms with Gasteiger partial charge in [0.2, 0.25) is 0 Å². The Hall–Kier alpha value is -1.09. The van der Waals surface area contributed by atoms with E-state index < -0.39 is 0 Å². The Morgan fingerprint density at radius 2 is 2.07 bits per heavy atom. The number of pyridine rings is 1. The van der Waals surface area contributed by atoms with Crippen molar-refractivity contribution in [2.75, 3.05) is 18.0 Å². The van der Waals surface area contributed by atoms with Gasteiger partial charge in [0.15, 0.2) is 0 Å². The molecule has 2 rings (SSSR count). The molecule has 2 atom stereocenters. The summed E-state index contributed by atoms with van der Waals surface area (Å²) in [4.78, 5) is 6.37. The highest BCUT2D eigenvalue weighted by molar-refractivity contribution is 5.45. The lowest BCUT2D eigenvalue weighted by atomic mass is 9.96. The fourth-order valence-electron chi connectivity index (χ4n) is 2.17. The van der Waals surface area contributed by atoms with Crippen LogP contribution in [0.5, 0.6) is 0 Å². The van der Waals surface area contributed by atoms with Crippen LogP contribution >= 0.6 is 0 Å². The van der Waals surface area contributed by atoms with E-state index in [1.807, 2.05) is 24.5 Å². The first kappa shape index (κ1) is 9.46. The molecule has 2 heterocycles. The van der Waals surface area contributed by atoms with Gasteiger partial charge in [0.05, 0.1) is 0 Å². The molecule has 76 valence electrons. The first-order chi connectivity index (χ1) is 6.75. The molecule has 0 bridgehead atoms. The second-order valence-corrected chi connectivity index (χ2v) is 4.21. The van der Waals surface area contributed by atoms with E-state index in [1.165, 1.54) is 5.69 Å². The van der Waals surface area contributed by atoms with Crippen molar-refractivity contribution in [2.24, 2.45) is 11.7 Å². The molecule has 1 aromatic rings. The van der Waals surface area contributed by atoms with Gasteiger partial charge < -0.3 is 10.6 Å². The SMILES string of the molecule is C[C@@H]1C[C@H](N)CN(c2ccncc2)C1. The third-order valence-electron chi connectivity index (χ3n) is 2.72.